The number of amides is 1. The molecule has 0 atom stereocenters. The number of halogens is 2. The number of hydrogen-bond donors (Lipinski definition) is 0. The molecule has 1 aliphatic heterocycles. The molecule has 0 aromatic heterocycles. The van der Waals surface area contributed by atoms with Gasteiger partial charge in [-0.2, -0.15) is 0 Å². The predicted molar refractivity (Wildman–Crippen MR) is 113 cm³/mol. The topological polar surface area (TPSA) is 41.9 Å². The number of benzene rings is 3. The van der Waals surface area contributed by atoms with E-state index in [2.05, 4.69) is 4.99 Å². The number of carbonyl (C=O) groups is 1. The summed E-state index contributed by atoms with van der Waals surface area (Å²) in [6.07, 6.45) is 1.64. The molecule has 0 bridgehead atoms. The van der Waals surface area contributed by atoms with Crippen molar-refractivity contribution in [1.82, 2.24) is 0 Å². The van der Waals surface area contributed by atoms with Gasteiger partial charge in [-0.25, -0.2) is 9.38 Å². The Balaban J connectivity index is 1.79. The number of nitrogens with zero attached hydrogens (tertiary/aromatic N) is 2. The Bertz CT molecular complexity index is 1110. The summed E-state index contributed by atoms with van der Waals surface area (Å²) >= 11 is 6.00. The fraction of sp³-hybridized carbons (Fsp3) is 0.0435. The first-order valence-corrected chi connectivity index (χ1v) is 9.23. The molecule has 1 amide bonds. The van der Waals surface area contributed by atoms with E-state index in [4.69, 9.17) is 16.3 Å². The second-order valence-electron chi connectivity index (χ2n) is 6.36. The van der Waals surface area contributed by atoms with Crippen LogP contribution in [-0.4, -0.2) is 18.9 Å². The Morgan fingerprint density at radius 3 is 2.24 bits per heavy atom. The second-order valence-corrected chi connectivity index (χ2v) is 6.80. The molecule has 1 aliphatic rings. The van der Waals surface area contributed by atoms with E-state index in [0.29, 0.717) is 27.9 Å². The van der Waals surface area contributed by atoms with Gasteiger partial charge >= 0.3 is 0 Å². The van der Waals surface area contributed by atoms with Crippen LogP contribution < -0.4 is 9.64 Å². The number of aliphatic imine (C=N–C) groups is 1. The minimum atomic E-state index is -0.338. The summed E-state index contributed by atoms with van der Waals surface area (Å²) in [4.78, 5) is 19.3. The maximum absolute atomic E-state index is 13.2. The monoisotopic (exact) mass is 406 g/mol. The molecule has 0 aliphatic carbocycles. The molecule has 4 rings (SSSR count). The van der Waals surface area contributed by atoms with E-state index in [1.54, 1.807) is 49.6 Å². The zero-order valence-corrected chi connectivity index (χ0v) is 16.2. The van der Waals surface area contributed by atoms with Crippen LogP contribution in [0.4, 0.5) is 10.1 Å². The molecule has 3 aromatic carbocycles. The molecule has 29 heavy (non-hydrogen) atoms. The van der Waals surface area contributed by atoms with Crippen molar-refractivity contribution in [2.24, 2.45) is 4.99 Å². The summed E-state index contributed by atoms with van der Waals surface area (Å²) in [5, 5.41) is 0.574. The van der Waals surface area contributed by atoms with Gasteiger partial charge in [0, 0.05) is 10.6 Å². The van der Waals surface area contributed by atoms with E-state index in [0.717, 1.165) is 5.56 Å². The SMILES string of the molecule is COc1ccc(C2=N/C(=C/c3ccc(F)cc3)C(=O)N2c2ccc(Cl)cc2)cc1. The number of ether oxygens (including phenoxy) is 1. The average Bonchev–Trinajstić information content (AvgIpc) is 3.06. The fourth-order valence-corrected chi connectivity index (χ4v) is 3.12. The largest absolute Gasteiger partial charge is 0.497 e. The molecule has 0 radical (unpaired) electrons. The van der Waals surface area contributed by atoms with Crippen LogP contribution in [0.25, 0.3) is 6.08 Å². The van der Waals surface area contributed by atoms with Gasteiger partial charge in [0.05, 0.1) is 12.8 Å². The van der Waals surface area contributed by atoms with Crippen molar-refractivity contribution < 1.29 is 13.9 Å². The highest BCUT2D eigenvalue weighted by Crippen LogP contribution is 2.29. The van der Waals surface area contributed by atoms with Crippen LogP contribution >= 0.6 is 11.6 Å². The van der Waals surface area contributed by atoms with Gasteiger partial charge in [-0.1, -0.05) is 23.7 Å². The zero-order valence-electron chi connectivity index (χ0n) is 15.5. The molecule has 0 saturated heterocycles. The first-order valence-electron chi connectivity index (χ1n) is 8.85. The van der Waals surface area contributed by atoms with E-state index in [1.807, 2.05) is 24.3 Å². The molecular formula is C23H16ClFN2O2. The van der Waals surface area contributed by atoms with Crippen molar-refractivity contribution in [2.45, 2.75) is 0 Å². The molecule has 4 nitrogen and oxygen atoms in total. The highest BCUT2D eigenvalue weighted by molar-refractivity contribution is 6.34. The highest BCUT2D eigenvalue weighted by atomic mass is 35.5. The van der Waals surface area contributed by atoms with E-state index in [-0.39, 0.29) is 17.4 Å². The molecule has 3 aromatic rings. The summed E-state index contributed by atoms with van der Waals surface area (Å²) in [5.41, 5.74) is 2.36. The highest BCUT2D eigenvalue weighted by Gasteiger charge is 2.32. The van der Waals surface area contributed by atoms with Gasteiger partial charge < -0.3 is 4.74 Å². The van der Waals surface area contributed by atoms with Crippen molar-refractivity contribution >= 4 is 35.1 Å². The molecule has 144 valence electrons. The predicted octanol–water partition coefficient (Wildman–Crippen LogP) is 5.32. The third-order valence-electron chi connectivity index (χ3n) is 4.47. The molecule has 0 N–H and O–H groups in total. The molecule has 6 heteroatoms. The zero-order chi connectivity index (χ0) is 20.4. The Morgan fingerprint density at radius 1 is 0.966 bits per heavy atom. The average molecular weight is 407 g/mol. The van der Waals surface area contributed by atoms with Gasteiger partial charge in [0.1, 0.15) is 23.1 Å². The van der Waals surface area contributed by atoms with Crippen molar-refractivity contribution in [3.05, 3.63) is 100 Å². The summed E-state index contributed by atoms with van der Waals surface area (Å²) in [7, 11) is 1.59. The second kappa shape index (κ2) is 7.89. The smallest absolute Gasteiger partial charge is 0.282 e. The van der Waals surface area contributed by atoms with Crippen molar-refractivity contribution in [3.8, 4) is 5.75 Å². The van der Waals surface area contributed by atoms with Gasteiger partial charge in [0.25, 0.3) is 5.91 Å². The maximum atomic E-state index is 13.2. The van der Waals surface area contributed by atoms with E-state index in [1.165, 1.54) is 17.0 Å². The first kappa shape index (κ1) is 18.9. The molecule has 0 unspecified atom stereocenters. The summed E-state index contributed by atoms with van der Waals surface area (Å²) in [6, 6.07) is 20.2. The number of carbonyl (C=O) groups excluding carboxylic acids is 1. The first-order chi connectivity index (χ1) is 14.0. The number of hydrogen-bond acceptors (Lipinski definition) is 3. The Hall–Kier alpha value is -3.44. The van der Waals surface area contributed by atoms with Gasteiger partial charge in [-0.15, -0.1) is 0 Å². The van der Waals surface area contributed by atoms with Crippen LogP contribution in [0.3, 0.4) is 0 Å². The normalized spacial score (nSPS) is 15.0. The Morgan fingerprint density at radius 2 is 1.62 bits per heavy atom. The van der Waals surface area contributed by atoms with Crippen LogP contribution in [0, 0.1) is 5.82 Å². The molecule has 0 fully saturated rings. The Kier molecular flexibility index (Phi) is 5.14. The lowest BCUT2D eigenvalue weighted by atomic mass is 10.1. The molecule has 0 spiro atoms. The minimum absolute atomic E-state index is 0.261. The summed E-state index contributed by atoms with van der Waals surface area (Å²) in [5.74, 6) is 0.588. The third kappa shape index (κ3) is 3.91. The lowest BCUT2D eigenvalue weighted by Gasteiger charge is -2.18. The lowest BCUT2D eigenvalue weighted by Crippen LogP contribution is -2.32. The molecule has 1 heterocycles. The van der Waals surface area contributed by atoms with E-state index in [9.17, 15) is 9.18 Å². The van der Waals surface area contributed by atoms with Gasteiger partial charge in [-0.3, -0.25) is 9.69 Å². The van der Waals surface area contributed by atoms with Crippen LogP contribution in [0.2, 0.25) is 5.02 Å². The number of amidine groups is 1. The lowest BCUT2D eigenvalue weighted by molar-refractivity contribution is -0.113. The van der Waals surface area contributed by atoms with Crippen LogP contribution in [-0.2, 0) is 4.79 Å². The van der Waals surface area contributed by atoms with Crippen LogP contribution in [0.5, 0.6) is 5.75 Å². The van der Waals surface area contributed by atoms with Gasteiger partial charge in [-0.05, 0) is 72.3 Å². The maximum Gasteiger partial charge on any atom is 0.282 e. The Labute approximate surface area is 172 Å². The molecular weight excluding hydrogens is 391 g/mol. The van der Waals surface area contributed by atoms with Crippen molar-refractivity contribution in [2.75, 3.05) is 12.0 Å². The quantitative estimate of drug-likeness (QED) is 0.550. The summed E-state index contributed by atoms with van der Waals surface area (Å²) in [6.45, 7) is 0. The number of anilines is 1. The van der Waals surface area contributed by atoms with E-state index >= 15 is 0 Å². The van der Waals surface area contributed by atoms with Gasteiger partial charge in [0.2, 0.25) is 0 Å². The third-order valence-corrected chi connectivity index (χ3v) is 4.72. The summed E-state index contributed by atoms with van der Waals surface area (Å²) < 4.78 is 18.4. The molecule has 0 saturated carbocycles. The van der Waals surface area contributed by atoms with Crippen molar-refractivity contribution in [1.29, 1.82) is 0 Å². The van der Waals surface area contributed by atoms with E-state index < -0.39 is 0 Å². The van der Waals surface area contributed by atoms with Crippen LogP contribution in [0.1, 0.15) is 11.1 Å². The number of methoxy groups -OCH3 is 1. The van der Waals surface area contributed by atoms with Crippen molar-refractivity contribution in [3.63, 3.8) is 0 Å². The minimum Gasteiger partial charge on any atom is -0.497 e. The standard InChI is InChI=1S/C23H16ClFN2O2/c1-29-20-12-4-16(5-13-20)22-26-21(14-15-2-8-18(25)9-3-15)23(28)27(22)19-10-6-17(24)7-11-19/h2-14H,1H3/b21-14+. The van der Waals surface area contributed by atoms with Crippen LogP contribution in [0.15, 0.2) is 83.5 Å². The fourth-order valence-electron chi connectivity index (χ4n) is 3.00. The van der Waals surface area contributed by atoms with Gasteiger partial charge in [0.15, 0.2) is 0 Å². The number of rotatable bonds is 4.